The van der Waals surface area contributed by atoms with Gasteiger partial charge in [-0.2, -0.15) is 9.83 Å². The quantitative estimate of drug-likeness (QED) is 0.435. The van der Waals surface area contributed by atoms with Crippen LogP contribution in [0.25, 0.3) is 0 Å². The second-order valence-corrected chi connectivity index (χ2v) is 8.50. The molecule has 1 spiro atoms. The number of aryl methyl sites for hydroxylation is 1. The van der Waals surface area contributed by atoms with Crippen molar-refractivity contribution >= 4 is 23.4 Å². The normalized spacial score (nSPS) is 17.3. The van der Waals surface area contributed by atoms with Crippen LogP contribution in [0.2, 0.25) is 0 Å². The molecule has 2 aliphatic rings. The second-order valence-electron chi connectivity index (χ2n) is 8.50. The van der Waals surface area contributed by atoms with E-state index in [0.29, 0.717) is 40.7 Å². The number of rotatable bonds is 5. The van der Waals surface area contributed by atoms with Crippen LogP contribution in [0.1, 0.15) is 53.7 Å². The molecule has 11 heteroatoms. The lowest BCUT2D eigenvalue weighted by molar-refractivity contribution is 0.0892. The molecule has 4 N–H and O–H groups in total. The van der Waals surface area contributed by atoms with Crippen molar-refractivity contribution in [3.05, 3.63) is 53.0 Å². The summed E-state index contributed by atoms with van der Waals surface area (Å²) in [4.78, 5) is 25.7. The summed E-state index contributed by atoms with van der Waals surface area (Å²) in [5.74, 6) is 1.26. The molecule has 0 saturated heterocycles. The van der Waals surface area contributed by atoms with E-state index in [9.17, 15) is 10.0 Å². The number of aromatic nitrogens is 5. The molecule has 11 nitrogen and oxygen atoms in total. The van der Waals surface area contributed by atoms with Gasteiger partial charge in [0.1, 0.15) is 12.1 Å². The largest absolute Gasteiger partial charge is 0.427 e. The Bertz CT molecular complexity index is 1270. The van der Waals surface area contributed by atoms with Crippen LogP contribution in [0, 0.1) is 6.92 Å². The molecule has 3 aromatic rings. The van der Waals surface area contributed by atoms with Crippen molar-refractivity contribution in [2.45, 2.75) is 51.1 Å². The average molecular weight is 451 g/mol. The molecule has 33 heavy (non-hydrogen) atoms. The first kappa shape index (κ1) is 21.1. The third-order valence-corrected chi connectivity index (χ3v) is 6.25. The van der Waals surface area contributed by atoms with Crippen LogP contribution in [-0.2, 0) is 12.1 Å². The number of aliphatic hydroxyl groups excluding tert-OH is 1. The van der Waals surface area contributed by atoms with Crippen LogP contribution >= 0.6 is 0 Å². The number of carbonyl (C=O) groups excluding carboxylic acids is 1. The van der Waals surface area contributed by atoms with Crippen LogP contribution in [0.5, 0.6) is 0 Å². The van der Waals surface area contributed by atoms with E-state index in [-0.39, 0.29) is 12.5 Å². The van der Waals surface area contributed by atoms with E-state index in [0.717, 1.165) is 42.4 Å². The van der Waals surface area contributed by atoms with Crippen molar-refractivity contribution in [3.63, 3.8) is 0 Å². The van der Waals surface area contributed by atoms with Crippen molar-refractivity contribution < 1.29 is 15.1 Å². The second kappa shape index (κ2) is 8.32. The maximum absolute atomic E-state index is 12.7. The van der Waals surface area contributed by atoms with Gasteiger partial charge in [-0.15, -0.1) is 0 Å². The molecule has 1 aliphatic heterocycles. The predicted octanol–water partition coefficient (Wildman–Crippen LogP) is 1.89. The Hall–Kier alpha value is -3.73. The highest BCUT2D eigenvalue weighted by Crippen LogP contribution is 2.42. The van der Waals surface area contributed by atoms with E-state index >= 15 is 0 Å². The summed E-state index contributed by atoms with van der Waals surface area (Å²) in [6, 6.07) is 5.10. The lowest BCUT2D eigenvalue weighted by atomic mass is 9.79. The molecule has 0 radical (unpaired) electrons. The van der Waals surface area contributed by atoms with Gasteiger partial charge in [-0.25, -0.2) is 15.0 Å². The highest BCUT2D eigenvalue weighted by atomic mass is 16.5. The SMILES string of the molecule is Cc1cc(=Nc2cc(Nc3ccn(CCO)n3)ncn2)n(O)c2c1C(=O)NC21CCCCC1. The number of nitrogens with one attached hydrogen (secondary N) is 2. The van der Waals surface area contributed by atoms with Gasteiger partial charge < -0.3 is 20.9 Å². The molecule has 0 unspecified atom stereocenters. The fourth-order valence-corrected chi connectivity index (χ4v) is 4.78. The molecule has 1 amide bonds. The van der Waals surface area contributed by atoms with Crippen molar-refractivity contribution in [1.82, 2.24) is 29.8 Å². The molecule has 3 aromatic heterocycles. The van der Waals surface area contributed by atoms with E-state index in [2.05, 4.69) is 30.7 Å². The summed E-state index contributed by atoms with van der Waals surface area (Å²) in [6.45, 7) is 2.26. The summed E-state index contributed by atoms with van der Waals surface area (Å²) in [6.07, 6.45) is 7.82. The highest BCUT2D eigenvalue weighted by Gasteiger charge is 2.47. The van der Waals surface area contributed by atoms with Crippen molar-refractivity contribution in [1.29, 1.82) is 0 Å². The number of nitrogens with zero attached hydrogens (tertiary/aromatic N) is 6. The average Bonchev–Trinajstić information content (AvgIpc) is 3.34. The minimum atomic E-state index is -0.554. The minimum Gasteiger partial charge on any atom is -0.427 e. The van der Waals surface area contributed by atoms with E-state index in [4.69, 9.17) is 5.11 Å². The number of fused-ring (bicyclic) bond motifs is 2. The minimum absolute atomic E-state index is 0.00140. The topological polar surface area (TPSA) is 142 Å². The molecule has 1 saturated carbocycles. The molecular weight excluding hydrogens is 424 g/mol. The monoisotopic (exact) mass is 450 g/mol. The standard InChI is InChI=1S/C22H26N8O3/c1-14-11-18(30(33)20-19(14)21(32)27-22(20)6-3-2-4-7-22)26-17-12-16(23-13-24-17)25-15-5-8-29(28-15)9-10-31/h5,8,11-13,31,33H,2-4,6-7,9-10H2,1H3,(H,27,32)(H,23,24,25,28). The van der Waals surface area contributed by atoms with Crippen LogP contribution in [0.4, 0.5) is 17.5 Å². The summed E-state index contributed by atoms with van der Waals surface area (Å²) < 4.78 is 2.66. The number of anilines is 2. The third-order valence-electron chi connectivity index (χ3n) is 6.25. The Balaban J connectivity index is 1.51. The number of aliphatic hydroxyl groups is 1. The lowest BCUT2D eigenvalue weighted by Gasteiger charge is -2.34. The maximum Gasteiger partial charge on any atom is 0.254 e. The Kier molecular flexibility index (Phi) is 5.33. The Labute approximate surface area is 189 Å². The summed E-state index contributed by atoms with van der Waals surface area (Å²) in [5.41, 5.74) is 1.62. The van der Waals surface area contributed by atoms with E-state index in [1.165, 1.54) is 6.33 Å². The van der Waals surface area contributed by atoms with Crippen LogP contribution in [0.15, 0.2) is 35.7 Å². The molecule has 0 bridgehead atoms. The van der Waals surface area contributed by atoms with Gasteiger partial charge in [0.2, 0.25) is 0 Å². The smallest absolute Gasteiger partial charge is 0.254 e. The molecule has 172 valence electrons. The maximum atomic E-state index is 12.7. The fourth-order valence-electron chi connectivity index (χ4n) is 4.78. The van der Waals surface area contributed by atoms with Gasteiger partial charge in [0.15, 0.2) is 17.1 Å². The van der Waals surface area contributed by atoms with Crippen molar-refractivity contribution in [2.75, 3.05) is 11.9 Å². The number of hydrogen-bond donors (Lipinski definition) is 4. The van der Waals surface area contributed by atoms with E-state index in [1.54, 1.807) is 29.1 Å². The Morgan fingerprint density at radius 2 is 2.03 bits per heavy atom. The summed E-state index contributed by atoms with van der Waals surface area (Å²) in [7, 11) is 0. The van der Waals surface area contributed by atoms with Gasteiger partial charge in [-0.3, -0.25) is 9.48 Å². The molecule has 1 aliphatic carbocycles. The van der Waals surface area contributed by atoms with Crippen molar-refractivity contribution in [2.24, 2.45) is 4.99 Å². The third kappa shape index (κ3) is 3.84. The first-order valence-electron chi connectivity index (χ1n) is 11.1. The van der Waals surface area contributed by atoms with Gasteiger partial charge in [0, 0.05) is 18.3 Å². The van der Waals surface area contributed by atoms with Crippen LogP contribution in [-0.4, -0.2) is 47.3 Å². The molecular formula is C22H26N8O3. The van der Waals surface area contributed by atoms with Gasteiger partial charge in [-0.05, 0) is 31.4 Å². The first-order chi connectivity index (χ1) is 16.0. The zero-order valence-corrected chi connectivity index (χ0v) is 18.3. The predicted molar refractivity (Wildman–Crippen MR) is 118 cm³/mol. The molecule has 0 aromatic carbocycles. The Morgan fingerprint density at radius 3 is 2.82 bits per heavy atom. The zero-order valence-electron chi connectivity index (χ0n) is 18.3. The van der Waals surface area contributed by atoms with Crippen molar-refractivity contribution in [3.8, 4) is 0 Å². The molecule has 4 heterocycles. The van der Waals surface area contributed by atoms with Gasteiger partial charge >= 0.3 is 0 Å². The summed E-state index contributed by atoms with van der Waals surface area (Å²) in [5, 5.41) is 30.7. The van der Waals surface area contributed by atoms with Gasteiger partial charge in [0.25, 0.3) is 5.91 Å². The lowest BCUT2D eigenvalue weighted by Crippen LogP contribution is -2.43. The van der Waals surface area contributed by atoms with E-state index in [1.807, 2.05) is 6.92 Å². The number of carbonyl (C=O) groups is 1. The summed E-state index contributed by atoms with van der Waals surface area (Å²) >= 11 is 0. The molecule has 0 atom stereocenters. The Morgan fingerprint density at radius 1 is 1.21 bits per heavy atom. The zero-order chi connectivity index (χ0) is 23.0. The van der Waals surface area contributed by atoms with Gasteiger partial charge in [0.05, 0.1) is 29.9 Å². The first-order valence-corrected chi connectivity index (χ1v) is 11.1. The fraction of sp³-hybridized carbons (Fsp3) is 0.409. The van der Waals surface area contributed by atoms with E-state index < -0.39 is 5.54 Å². The van der Waals surface area contributed by atoms with Crippen LogP contribution in [0.3, 0.4) is 0 Å². The number of amides is 1. The number of hydrogen-bond acceptors (Lipinski definition) is 8. The van der Waals surface area contributed by atoms with Gasteiger partial charge in [-0.1, -0.05) is 19.3 Å². The molecule has 5 rings (SSSR count). The van der Waals surface area contributed by atoms with Crippen LogP contribution < -0.4 is 16.1 Å². The number of pyridine rings is 1. The molecule has 1 fully saturated rings. The highest BCUT2D eigenvalue weighted by molar-refractivity contribution is 6.00.